The summed E-state index contributed by atoms with van der Waals surface area (Å²) in [5, 5.41) is 0.823. The number of sulfonamides is 1. The smallest absolute Gasteiger partial charge is 0.242 e. The first-order valence-corrected chi connectivity index (χ1v) is 11.0. The third kappa shape index (κ3) is 4.09. The summed E-state index contributed by atoms with van der Waals surface area (Å²) in [7, 11) is -1.61. The molecule has 0 unspecified atom stereocenters. The van der Waals surface area contributed by atoms with Crippen molar-refractivity contribution in [3.8, 4) is 0 Å². The summed E-state index contributed by atoms with van der Waals surface area (Å²) in [4.78, 5) is 11.3. The first kappa shape index (κ1) is 19.0. The van der Waals surface area contributed by atoms with E-state index in [0.717, 1.165) is 43.7 Å². The lowest BCUT2D eigenvalue weighted by atomic mass is 9.98. The van der Waals surface area contributed by atoms with Gasteiger partial charge in [0.25, 0.3) is 0 Å². The molecule has 1 saturated heterocycles. The number of rotatable bonds is 6. The second-order valence-electron chi connectivity index (χ2n) is 7.38. The number of likely N-dealkylation sites (tertiary alicyclic amines) is 1. The maximum atomic E-state index is 12.9. The Morgan fingerprint density at radius 3 is 2.86 bits per heavy atom. The van der Waals surface area contributed by atoms with Crippen molar-refractivity contribution in [2.75, 3.05) is 19.6 Å². The Morgan fingerprint density at radius 2 is 2.04 bits per heavy atom. The lowest BCUT2D eigenvalue weighted by Crippen LogP contribution is -2.40. The van der Waals surface area contributed by atoms with Crippen molar-refractivity contribution in [1.29, 1.82) is 0 Å². The molecule has 1 aromatic carbocycles. The van der Waals surface area contributed by atoms with E-state index in [-0.39, 0.29) is 10.8 Å². The Hall–Kier alpha value is -2.29. The van der Waals surface area contributed by atoms with Crippen LogP contribution in [0.25, 0.3) is 10.9 Å². The first-order valence-electron chi connectivity index (χ1n) is 9.55. The molecule has 8 heteroatoms. The lowest BCUT2D eigenvalue weighted by molar-refractivity contribution is 0.164. The number of piperidine rings is 1. The molecule has 1 atom stereocenters. The van der Waals surface area contributed by atoms with Gasteiger partial charge in [-0.1, -0.05) is 18.2 Å². The maximum Gasteiger partial charge on any atom is 0.242 e. The molecule has 3 aromatic rings. The van der Waals surface area contributed by atoms with Crippen LogP contribution in [0.4, 0.5) is 0 Å². The van der Waals surface area contributed by atoms with Crippen molar-refractivity contribution in [3.63, 3.8) is 0 Å². The molecule has 0 spiro atoms. The molecule has 0 radical (unpaired) electrons. The van der Waals surface area contributed by atoms with Crippen molar-refractivity contribution in [2.24, 2.45) is 13.0 Å². The maximum absolute atomic E-state index is 12.9. The van der Waals surface area contributed by atoms with E-state index >= 15 is 0 Å². The van der Waals surface area contributed by atoms with Gasteiger partial charge in [0, 0.05) is 44.1 Å². The lowest BCUT2D eigenvalue weighted by Gasteiger charge is -2.32. The third-order valence-electron chi connectivity index (χ3n) is 5.34. The molecule has 7 nitrogen and oxygen atoms in total. The Kier molecular flexibility index (Phi) is 5.43. The number of imidazole rings is 1. The van der Waals surface area contributed by atoms with Gasteiger partial charge in [0.2, 0.25) is 10.0 Å². The number of fused-ring (bicyclic) bond motifs is 1. The van der Waals surface area contributed by atoms with Gasteiger partial charge in [-0.15, -0.1) is 0 Å². The summed E-state index contributed by atoms with van der Waals surface area (Å²) in [6.07, 6.45) is 7.46. The SMILES string of the molecule is Cn1ccnc1CN1CCC[C@@H](CNS(=O)(=O)c2cccc3cccnc23)C1. The second-order valence-corrected chi connectivity index (χ2v) is 9.12. The highest BCUT2D eigenvalue weighted by Crippen LogP contribution is 2.22. The van der Waals surface area contributed by atoms with E-state index in [2.05, 4.69) is 19.6 Å². The first-order chi connectivity index (χ1) is 13.5. The number of aromatic nitrogens is 3. The zero-order valence-electron chi connectivity index (χ0n) is 16.0. The van der Waals surface area contributed by atoms with Crippen molar-refractivity contribution in [1.82, 2.24) is 24.2 Å². The molecule has 0 bridgehead atoms. The van der Waals surface area contributed by atoms with E-state index in [1.54, 1.807) is 18.3 Å². The number of pyridine rings is 1. The quantitative estimate of drug-likeness (QED) is 0.687. The van der Waals surface area contributed by atoms with Gasteiger partial charge in [0.05, 0.1) is 12.1 Å². The Balaban J connectivity index is 1.42. The van der Waals surface area contributed by atoms with E-state index in [1.165, 1.54) is 0 Å². The molecule has 148 valence electrons. The molecule has 1 aliphatic heterocycles. The number of benzene rings is 1. The van der Waals surface area contributed by atoms with Crippen LogP contribution < -0.4 is 4.72 Å². The fourth-order valence-corrected chi connectivity index (χ4v) is 5.10. The number of nitrogens with one attached hydrogen (secondary N) is 1. The Bertz CT molecular complexity index is 1060. The minimum Gasteiger partial charge on any atom is -0.337 e. The highest BCUT2D eigenvalue weighted by molar-refractivity contribution is 7.89. The predicted molar refractivity (Wildman–Crippen MR) is 108 cm³/mol. The molecule has 3 heterocycles. The summed E-state index contributed by atoms with van der Waals surface area (Å²) in [5.41, 5.74) is 0.512. The highest BCUT2D eigenvalue weighted by atomic mass is 32.2. The van der Waals surface area contributed by atoms with Crippen molar-refractivity contribution >= 4 is 20.9 Å². The number of aryl methyl sites for hydroxylation is 1. The van der Waals surface area contributed by atoms with Crippen LogP contribution >= 0.6 is 0 Å². The van der Waals surface area contributed by atoms with Gasteiger partial charge in [0.1, 0.15) is 10.7 Å². The minimum absolute atomic E-state index is 0.242. The van der Waals surface area contributed by atoms with Gasteiger partial charge >= 0.3 is 0 Å². The molecular formula is C20H25N5O2S. The molecule has 2 aromatic heterocycles. The molecule has 1 aliphatic rings. The van der Waals surface area contributed by atoms with Gasteiger partial charge < -0.3 is 4.57 Å². The Morgan fingerprint density at radius 1 is 1.18 bits per heavy atom. The standard InChI is InChI=1S/C20H25N5O2S/c1-24-12-10-21-19(24)15-25-11-4-5-16(14-25)13-23-28(26,27)18-8-2-6-17-7-3-9-22-20(17)18/h2-3,6-10,12,16,23H,4-5,11,13-15H2,1H3/t16-/m0/s1. The zero-order valence-corrected chi connectivity index (χ0v) is 16.8. The van der Waals surface area contributed by atoms with Gasteiger partial charge in [0.15, 0.2) is 0 Å². The average Bonchev–Trinajstić information content (AvgIpc) is 3.11. The second kappa shape index (κ2) is 7.98. The van der Waals surface area contributed by atoms with Crippen molar-refractivity contribution in [3.05, 3.63) is 54.7 Å². The highest BCUT2D eigenvalue weighted by Gasteiger charge is 2.24. The predicted octanol–water partition coefficient (Wildman–Crippen LogP) is 2.16. The van der Waals surface area contributed by atoms with Gasteiger partial charge in [-0.3, -0.25) is 9.88 Å². The van der Waals surface area contributed by atoms with Crippen LogP contribution in [0.3, 0.4) is 0 Å². The fraction of sp³-hybridized carbons (Fsp3) is 0.400. The molecule has 0 saturated carbocycles. The molecular weight excluding hydrogens is 374 g/mol. The van der Waals surface area contributed by atoms with Crippen LogP contribution in [0.1, 0.15) is 18.7 Å². The summed E-state index contributed by atoms with van der Waals surface area (Å²) >= 11 is 0. The number of hydrogen-bond donors (Lipinski definition) is 1. The minimum atomic E-state index is -3.61. The van der Waals surface area contributed by atoms with Crippen LogP contribution in [-0.4, -0.2) is 47.5 Å². The van der Waals surface area contributed by atoms with E-state index < -0.39 is 10.0 Å². The zero-order chi connectivity index (χ0) is 19.6. The topological polar surface area (TPSA) is 80.1 Å². The summed E-state index contributed by atoms with van der Waals surface area (Å²) in [6.45, 7) is 3.11. The average molecular weight is 400 g/mol. The normalized spacial score (nSPS) is 18.5. The molecule has 1 N–H and O–H groups in total. The summed E-state index contributed by atoms with van der Waals surface area (Å²) in [5.74, 6) is 1.31. The van der Waals surface area contributed by atoms with Crippen LogP contribution in [0.2, 0.25) is 0 Å². The Labute approximate surface area is 165 Å². The van der Waals surface area contributed by atoms with E-state index in [0.29, 0.717) is 12.1 Å². The van der Waals surface area contributed by atoms with Gasteiger partial charge in [-0.05, 0) is 37.4 Å². The van der Waals surface area contributed by atoms with E-state index in [4.69, 9.17) is 0 Å². The number of hydrogen-bond acceptors (Lipinski definition) is 5. The van der Waals surface area contributed by atoms with Crippen molar-refractivity contribution in [2.45, 2.75) is 24.3 Å². The summed E-state index contributed by atoms with van der Waals surface area (Å²) in [6, 6.07) is 8.93. The fourth-order valence-electron chi connectivity index (χ4n) is 3.81. The molecule has 28 heavy (non-hydrogen) atoms. The van der Waals surface area contributed by atoms with Gasteiger partial charge in [-0.25, -0.2) is 18.1 Å². The van der Waals surface area contributed by atoms with Gasteiger partial charge in [-0.2, -0.15) is 0 Å². The molecule has 0 amide bonds. The molecule has 1 fully saturated rings. The van der Waals surface area contributed by atoms with Crippen LogP contribution in [0.15, 0.2) is 53.8 Å². The van der Waals surface area contributed by atoms with Crippen LogP contribution in [-0.2, 0) is 23.6 Å². The van der Waals surface area contributed by atoms with Crippen LogP contribution in [0.5, 0.6) is 0 Å². The molecule has 0 aliphatic carbocycles. The van der Waals surface area contributed by atoms with E-state index in [1.807, 2.05) is 42.2 Å². The van der Waals surface area contributed by atoms with E-state index in [9.17, 15) is 8.42 Å². The third-order valence-corrected chi connectivity index (χ3v) is 6.79. The summed E-state index contributed by atoms with van der Waals surface area (Å²) < 4.78 is 30.6. The van der Waals surface area contributed by atoms with Crippen LogP contribution in [0, 0.1) is 5.92 Å². The number of nitrogens with zero attached hydrogens (tertiary/aromatic N) is 4. The molecule has 4 rings (SSSR count). The monoisotopic (exact) mass is 399 g/mol. The number of para-hydroxylation sites is 1. The largest absolute Gasteiger partial charge is 0.337 e. The van der Waals surface area contributed by atoms with Crippen molar-refractivity contribution < 1.29 is 8.42 Å².